The number of hydrogen-bond acceptors (Lipinski definition) is 5. The van der Waals surface area contributed by atoms with Crippen molar-refractivity contribution in [1.82, 2.24) is 25.1 Å². The fourth-order valence-corrected chi connectivity index (χ4v) is 3.50. The van der Waals surface area contributed by atoms with Gasteiger partial charge >= 0.3 is 0 Å². The van der Waals surface area contributed by atoms with Gasteiger partial charge in [-0.3, -0.25) is 9.69 Å². The van der Waals surface area contributed by atoms with Crippen LogP contribution in [0.1, 0.15) is 38.2 Å². The molecule has 0 unspecified atom stereocenters. The van der Waals surface area contributed by atoms with Crippen molar-refractivity contribution in [2.24, 2.45) is 0 Å². The van der Waals surface area contributed by atoms with Gasteiger partial charge in [0.05, 0.1) is 13.1 Å². The number of unbranched alkanes of at least 4 members (excludes halogenated alkanes) is 2. The number of aromatic nitrogens is 4. The highest BCUT2D eigenvalue weighted by atomic mass is 16.2. The van der Waals surface area contributed by atoms with E-state index in [1.165, 1.54) is 0 Å². The van der Waals surface area contributed by atoms with Gasteiger partial charge in [0.2, 0.25) is 11.7 Å². The van der Waals surface area contributed by atoms with Crippen molar-refractivity contribution in [1.29, 1.82) is 0 Å². The van der Waals surface area contributed by atoms with Crippen LogP contribution < -0.4 is 5.32 Å². The Morgan fingerprint density at radius 2 is 1.77 bits per heavy atom. The molecular weight excluding hydrogens is 388 g/mol. The molecule has 0 bridgehead atoms. The molecule has 31 heavy (non-hydrogen) atoms. The van der Waals surface area contributed by atoms with Crippen molar-refractivity contribution in [2.75, 3.05) is 25.0 Å². The lowest BCUT2D eigenvalue weighted by molar-refractivity contribution is -0.117. The Morgan fingerprint density at radius 1 is 1.00 bits per heavy atom. The molecule has 2 aromatic carbocycles. The van der Waals surface area contributed by atoms with Crippen molar-refractivity contribution < 1.29 is 4.79 Å². The largest absolute Gasteiger partial charge is 0.325 e. The summed E-state index contributed by atoms with van der Waals surface area (Å²) >= 11 is 0. The number of rotatable bonds is 12. The zero-order chi connectivity index (χ0) is 21.9. The molecule has 0 saturated heterocycles. The Hall–Kier alpha value is -3.06. The quantitative estimate of drug-likeness (QED) is 0.445. The van der Waals surface area contributed by atoms with Crippen LogP contribution in [0, 0.1) is 6.92 Å². The second-order valence-electron chi connectivity index (χ2n) is 7.77. The summed E-state index contributed by atoms with van der Waals surface area (Å²) in [6, 6.07) is 17.8. The zero-order valence-electron chi connectivity index (χ0n) is 18.5. The number of tetrazole rings is 1. The molecule has 0 aliphatic heterocycles. The van der Waals surface area contributed by atoms with Crippen LogP contribution in [0.3, 0.4) is 0 Å². The van der Waals surface area contributed by atoms with Gasteiger partial charge in [-0.25, -0.2) is 0 Å². The van der Waals surface area contributed by atoms with Crippen LogP contribution in [-0.4, -0.2) is 50.6 Å². The number of nitrogens with one attached hydrogen (secondary N) is 1. The van der Waals surface area contributed by atoms with Crippen LogP contribution in [0.25, 0.3) is 11.4 Å². The van der Waals surface area contributed by atoms with Gasteiger partial charge in [-0.05, 0) is 56.1 Å². The molecule has 0 aliphatic carbocycles. The molecule has 1 amide bonds. The molecule has 3 aromatic rings. The van der Waals surface area contributed by atoms with E-state index in [0.29, 0.717) is 12.4 Å². The number of aryl methyl sites for hydroxylation is 2. The molecule has 3 rings (SSSR count). The Morgan fingerprint density at radius 3 is 2.55 bits per heavy atom. The van der Waals surface area contributed by atoms with E-state index < -0.39 is 0 Å². The average molecular weight is 421 g/mol. The van der Waals surface area contributed by atoms with E-state index in [4.69, 9.17) is 0 Å². The van der Waals surface area contributed by atoms with Crippen molar-refractivity contribution >= 4 is 11.6 Å². The third-order valence-electron chi connectivity index (χ3n) is 5.14. The number of carbonyl (C=O) groups is 1. The van der Waals surface area contributed by atoms with Gasteiger partial charge in [-0.2, -0.15) is 4.80 Å². The monoisotopic (exact) mass is 420 g/mol. The van der Waals surface area contributed by atoms with Crippen LogP contribution in [0.5, 0.6) is 0 Å². The second-order valence-corrected chi connectivity index (χ2v) is 7.77. The number of carbonyl (C=O) groups excluding carboxylic acids is 1. The number of benzene rings is 2. The maximum atomic E-state index is 12.5. The fourth-order valence-electron chi connectivity index (χ4n) is 3.50. The second kappa shape index (κ2) is 12.0. The van der Waals surface area contributed by atoms with E-state index in [1.54, 1.807) is 4.80 Å². The van der Waals surface area contributed by atoms with E-state index in [0.717, 1.165) is 62.1 Å². The summed E-state index contributed by atoms with van der Waals surface area (Å²) in [6.07, 6.45) is 4.11. The standard InChI is InChI=1S/C24H32N6O/c1-3-16-29(19-23(31)25-22-15-9-8-12-20(22)2)17-10-5-11-18-30-27-24(26-28-30)21-13-6-4-7-14-21/h4,6-9,12-15H,3,5,10-11,16-19H2,1-2H3,(H,25,31). The molecular formula is C24H32N6O. The van der Waals surface area contributed by atoms with E-state index in [9.17, 15) is 4.79 Å². The van der Waals surface area contributed by atoms with E-state index >= 15 is 0 Å². The average Bonchev–Trinajstić information content (AvgIpc) is 3.25. The number of para-hydroxylation sites is 1. The van der Waals surface area contributed by atoms with Crippen molar-refractivity contribution in [3.63, 3.8) is 0 Å². The predicted molar refractivity (Wildman–Crippen MR) is 124 cm³/mol. The Bertz CT molecular complexity index is 940. The summed E-state index contributed by atoms with van der Waals surface area (Å²) in [5.74, 6) is 0.706. The molecule has 0 fully saturated rings. The highest BCUT2D eigenvalue weighted by Crippen LogP contribution is 2.14. The smallest absolute Gasteiger partial charge is 0.238 e. The Labute approximate surface area is 184 Å². The summed E-state index contributed by atoms with van der Waals surface area (Å²) in [6.45, 7) is 7.16. The summed E-state index contributed by atoms with van der Waals surface area (Å²) in [4.78, 5) is 16.4. The van der Waals surface area contributed by atoms with Gasteiger partial charge in [0.1, 0.15) is 0 Å². The fraction of sp³-hybridized carbons (Fsp3) is 0.417. The lowest BCUT2D eigenvalue weighted by Gasteiger charge is -2.21. The van der Waals surface area contributed by atoms with Crippen LogP contribution in [0.15, 0.2) is 54.6 Å². The van der Waals surface area contributed by atoms with E-state index in [-0.39, 0.29) is 5.91 Å². The maximum Gasteiger partial charge on any atom is 0.238 e. The Kier molecular flexibility index (Phi) is 8.72. The maximum absolute atomic E-state index is 12.5. The van der Waals surface area contributed by atoms with Gasteiger partial charge in [0, 0.05) is 11.3 Å². The lowest BCUT2D eigenvalue weighted by atomic mass is 10.2. The Balaban J connectivity index is 1.38. The number of anilines is 1. The SMILES string of the molecule is CCCN(CCCCCn1nnc(-c2ccccc2)n1)CC(=O)Nc1ccccc1C. The summed E-state index contributed by atoms with van der Waals surface area (Å²) in [5.41, 5.74) is 2.95. The minimum atomic E-state index is 0.0445. The topological polar surface area (TPSA) is 75.9 Å². The minimum Gasteiger partial charge on any atom is -0.325 e. The van der Waals surface area contributed by atoms with Crippen molar-refractivity contribution in [3.05, 3.63) is 60.2 Å². The molecule has 1 aromatic heterocycles. The molecule has 1 heterocycles. The summed E-state index contributed by atoms with van der Waals surface area (Å²) in [7, 11) is 0. The third kappa shape index (κ3) is 7.29. The number of hydrogen-bond donors (Lipinski definition) is 1. The first kappa shape index (κ1) is 22.6. The van der Waals surface area contributed by atoms with Gasteiger partial charge in [-0.15, -0.1) is 10.2 Å². The highest BCUT2D eigenvalue weighted by molar-refractivity contribution is 5.92. The van der Waals surface area contributed by atoms with Gasteiger partial charge in [-0.1, -0.05) is 61.9 Å². The molecule has 7 heteroatoms. The summed E-state index contributed by atoms with van der Waals surface area (Å²) in [5, 5.41) is 15.8. The van der Waals surface area contributed by atoms with E-state index in [1.807, 2.05) is 61.5 Å². The van der Waals surface area contributed by atoms with Gasteiger partial charge in [0.25, 0.3) is 0 Å². The molecule has 0 radical (unpaired) electrons. The summed E-state index contributed by atoms with van der Waals surface area (Å²) < 4.78 is 0. The predicted octanol–water partition coefficient (Wildman–Crippen LogP) is 4.17. The first-order chi connectivity index (χ1) is 15.2. The number of nitrogens with zero attached hydrogens (tertiary/aromatic N) is 5. The zero-order valence-corrected chi connectivity index (χ0v) is 18.5. The molecule has 1 N–H and O–H groups in total. The molecule has 0 saturated carbocycles. The van der Waals surface area contributed by atoms with Crippen LogP contribution in [-0.2, 0) is 11.3 Å². The first-order valence-corrected chi connectivity index (χ1v) is 11.1. The molecule has 0 spiro atoms. The van der Waals surface area contributed by atoms with Crippen LogP contribution in [0.4, 0.5) is 5.69 Å². The van der Waals surface area contributed by atoms with Crippen LogP contribution in [0.2, 0.25) is 0 Å². The minimum absolute atomic E-state index is 0.0445. The third-order valence-corrected chi connectivity index (χ3v) is 5.14. The first-order valence-electron chi connectivity index (χ1n) is 11.1. The van der Waals surface area contributed by atoms with E-state index in [2.05, 4.69) is 32.6 Å². The molecule has 0 atom stereocenters. The van der Waals surface area contributed by atoms with Crippen molar-refractivity contribution in [2.45, 2.75) is 46.1 Å². The normalized spacial score (nSPS) is 11.1. The number of amides is 1. The molecule has 0 aliphatic rings. The molecule has 7 nitrogen and oxygen atoms in total. The van der Waals surface area contributed by atoms with Gasteiger partial charge < -0.3 is 5.32 Å². The van der Waals surface area contributed by atoms with Crippen LogP contribution >= 0.6 is 0 Å². The van der Waals surface area contributed by atoms with Gasteiger partial charge in [0.15, 0.2) is 0 Å². The van der Waals surface area contributed by atoms with Crippen molar-refractivity contribution in [3.8, 4) is 11.4 Å². The highest BCUT2D eigenvalue weighted by Gasteiger charge is 2.11. The lowest BCUT2D eigenvalue weighted by Crippen LogP contribution is -2.34. The molecule has 164 valence electrons.